The molecule has 1 aromatic heterocycles. The summed E-state index contributed by atoms with van der Waals surface area (Å²) in [4.78, 5) is 19.6. The van der Waals surface area contributed by atoms with Gasteiger partial charge in [0, 0.05) is 43.4 Å². The molecule has 0 radical (unpaired) electrons. The highest BCUT2D eigenvalue weighted by atomic mass is 16.5. The number of benzene rings is 1. The molecule has 4 rings (SSSR count). The van der Waals surface area contributed by atoms with Crippen LogP contribution < -0.4 is 4.74 Å². The van der Waals surface area contributed by atoms with Crippen LogP contribution in [0.25, 0.3) is 0 Å². The van der Waals surface area contributed by atoms with E-state index >= 15 is 0 Å². The molecule has 182 valence electrons. The van der Waals surface area contributed by atoms with E-state index in [-0.39, 0.29) is 29.1 Å². The minimum atomic E-state index is -0.329. The molecule has 2 aliphatic rings. The van der Waals surface area contributed by atoms with E-state index < -0.39 is 0 Å². The zero-order valence-corrected chi connectivity index (χ0v) is 21.2. The Hall–Kier alpha value is -2.82. The number of hydrogen-bond acceptors (Lipinski definition) is 4. The lowest BCUT2D eigenvalue weighted by atomic mass is 9.67. The predicted molar refractivity (Wildman–Crippen MR) is 135 cm³/mol. The molecule has 0 saturated heterocycles. The average molecular weight is 463 g/mol. The third kappa shape index (κ3) is 4.70. The third-order valence-electron chi connectivity index (χ3n) is 7.48. The van der Waals surface area contributed by atoms with Crippen molar-refractivity contribution in [2.75, 3.05) is 7.05 Å². The first kappa shape index (κ1) is 24.3. The van der Waals surface area contributed by atoms with Crippen molar-refractivity contribution in [3.8, 4) is 11.5 Å². The normalized spacial score (nSPS) is 20.6. The lowest BCUT2D eigenvalue weighted by molar-refractivity contribution is 0.0106. The first-order chi connectivity index (χ1) is 16.2. The molecule has 2 atom stereocenters. The molecule has 0 spiro atoms. The number of aromatic hydroxyl groups is 1. The van der Waals surface area contributed by atoms with Gasteiger partial charge in [-0.25, -0.2) is 0 Å². The Labute approximate surface area is 203 Å². The summed E-state index contributed by atoms with van der Waals surface area (Å²) in [6, 6.07) is 5.87. The second kappa shape index (κ2) is 9.81. The van der Waals surface area contributed by atoms with E-state index in [0.717, 1.165) is 61.0 Å². The van der Waals surface area contributed by atoms with Crippen LogP contribution >= 0.6 is 0 Å². The van der Waals surface area contributed by atoms with Crippen LogP contribution in [0.4, 0.5) is 0 Å². The number of phenols is 1. The largest absolute Gasteiger partial charge is 0.507 e. The van der Waals surface area contributed by atoms with Crippen molar-refractivity contribution in [3.05, 3.63) is 64.5 Å². The number of allylic oxidation sites excluding steroid dienone is 2. The quantitative estimate of drug-likeness (QED) is 0.382. The van der Waals surface area contributed by atoms with Gasteiger partial charge in [-0.05, 0) is 69.7 Å². The Balaban J connectivity index is 1.79. The number of ether oxygens (including phenoxy) is 1. The number of aromatic nitrogens is 1. The monoisotopic (exact) mass is 462 g/mol. The highest BCUT2D eigenvalue weighted by molar-refractivity contribution is 5.99. The minimum absolute atomic E-state index is 0.0485. The van der Waals surface area contributed by atoms with Gasteiger partial charge in [0.25, 0.3) is 5.91 Å². The Morgan fingerprint density at radius 2 is 2.12 bits per heavy atom. The van der Waals surface area contributed by atoms with Gasteiger partial charge in [-0.3, -0.25) is 9.78 Å². The van der Waals surface area contributed by atoms with Crippen LogP contribution in [0, 0.1) is 5.92 Å². The van der Waals surface area contributed by atoms with Gasteiger partial charge in [-0.15, -0.1) is 0 Å². The lowest BCUT2D eigenvalue weighted by Gasteiger charge is -2.46. The van der Waals surface area contributed by atoms with Crippen LogP contribution in [0.1, 0.15) is 92.8 Å². The van der Waals surface area contributed by atoms with Gasteiger partial charge in [0.05, 0.1) is 5.56 Å². The molecule has 1 aromatic carbocycles. The molecule has 1 aliphatic heterocycles. The number of aryl methyl sites for hydroxylation is 1. The molecule has 34 heavy (non-hydrogen) atoms. The fraction of sp³-hybridized carbons (Fsp3) is 0.517. The minimum Gasteiger partial charge on any atom is -0.507 e. The topological polar surface area (TPSA) is 62.7 Å². The Bertz CT molecular complexity index is 1070. The van der Waals surface area contributed by atoms with E-state index in [4.69, 9.17) is 4.74 Å². The number of phenolic OH excluding ortho intramolecular Hbond substituents is 1. The van der Waals surface area contributed by atoms with Crippen LogP contribution in [0.2, 0.25) is 0 Å². The molecule has 5 nitrogen and oxygen atoms in total. The van der Waals surface area contributed by atoms with Crippen LogP contribution in [0.15, 0.2) is 42.2 Å². The third-order valence-corrected chi connectivity index (χ3v) is 7.48. The van der Waals surface area contributed by atoms with Gasteiger partial charge in [-0.1, -0.05) is 37.5 Å². The van der Waals surface area contributed by atoms with E-state index in [9.17, 15) is 9.90 Å². The van der Waals surface area contributed by atoms with E-state index in [0.29, 0.717) is 12.1 Å². The smallest absolute Gasteiger partial charge is 0.257 e. The maximum atomic E-state index is 13.8. The molecule has 0 saturated carbocycles. The molecular weight excluding hydrogens is 424 g/mol. The molecule has 2 heterocycles. The van der Waals surface area contributed by atoms with Crippen molar-refractivity contribution in [3.63, 3.8) is 0 Å². The average Bonchev–Trinajstić information content (AvgIpc) is 2.78. The lowest BCUT2D eigenvalue weighted by Crippen LogP contribution is -2.45. The van der Waals surface area contributed by atoms with Gasteiger partial charge in [0.2, 0.25) is 0 Å². The number of carbonyl (C=O) groups is 1. The number of fused-ring (bicyclic) bond motifs is 3. The summed E-state index contributed by atoms with van der Waals surface area (Å²) in [6.07, 6.45) is 11.7. The Morgan fingerprint density at radius 1 is 1.32 bits per heavy atom. The Morgan fingerprint density at radius 3 is 2.82 bits per heavy atom. The maximum Gasteiger partial charge on any atom is 0.257 e. The molecule has 2 aromatic rings. The van der Waals surface area contributed by atoms with Crippen LogP contribution in [0.5, 0.6) is 11.5 Å². The summed E-state index contributed by atoms with van der Waals surface area (Å²) in [7, 11) is 1.79. The summed E-state index contributed by atoms with van der Waals surface area (Å²) < 4.78 is 6.52. The maximum absolute atomic E-state index is 13.8. The zero-order valence-electron chi connectivity index (χ0n) is 21.2. The number of unbranched alkanes of at least 4 members (excludes halogenated alkanes) is 2. The van der Waals surface area contributed by atoms with Gasteiger partial charge in [0.1, 0.15) is 17.1 Å². The summed E-state index contributed by atoms with van der Waals surface area (Å²) >= 11 is 0. The van der Waals surface area contributed by atoms with Gasteiger partial charge in [0.15, 0.2) is 0 Å². The van der Waals surface area contributed by atoms with E-state index in [2.05, 4.69) is 38.8 Å². The predicted octanol–water partition coefficient (Wildman–Crippen LogP) is 6.40. The number of amides is 1. The highest BCUT2D eigenvalue weighted by Gasteiger charge is 2.46. The number of nitrogens with zero attached hydrogens (tertiary/aromatic N) is 2. The van der Waals surface area contributed by atoms with E-state index in [1.54, 1.807) is 24.3 Å². The van der Waals surface area contributed by atoms with E-state index in [1.165, 1.54) is 5.57 Å². The number of hydrogen-bond donors (Lipinski definition) is 1. The zero-order chi connectivity index (χ0) is 24.5. The van der Waals surface area contributed by atoms with Crippen molar-refractivity contribution in [1.82, 2.24) is 9.88 Å². The van der Waals surface area contributed by atoms with E-state index in [1.807, 2.05) is 18.2 Å². The fourth-order valence-electron chi connectivity index (χ4n) is 5.64. The van der Waals surface area contributed by atoms with Crippen LogP contribution in [0.3, 0.4) is 0 Å². The summed E-state index contributed by atoms with van der Waals surface area (Å²) in [5.74, 6) is 0.980. The first-order valence-electron chi connectivity index (χ1n) is 12.6. The fourth-order valence-corrected chi connectivity index (χ4v) is 5.64. The van der Waals surface area contributed by atoms with Crippen LogP contribution in [-0.2, 0) is 13.0 Å². The number of rotatable bonds is 7. The SMILES string of the molecule is CCCCCc1cc2c(c(O)c1C(=O)N(C)Cc1cccnc1)C1C=C(C)CCC1C(C)(C)O2. The number of carbonyl (C=O) groups excluding carboxylic acids is 1. The molecule has 0 bridgehead atoms. The Kier molecular flexibility index (Phi) is 7.01. The molecule has 1 N–H and O–H groups in total. The molecule has 2 unspecified atom stereocenters. The van der Waals surface area contributed by atoms with Crippen molar-refractivity contribution >= 4 is 5.91 Å². The van der Waals surface area contributed by atoms with Gasteiger partial charge < -0.3 is 14.7 Å². The molecule has 1 amide bonds. The summed E-state index contributed by atoms with van der Waals surface area (Å²) in [5, 5.41) is 11.7. The van der Waals surface area contributed by atoms with Crippen molar-refractivity contribution < 1.29 is 14.6 Å². The van der Waals surface area contributed by atoms with Gasteiger partial charge >= 0.3 is 0 Å². The van der Waals surface area contributed by atoms with Crippen LogP contribution in [-0.4, -0.2) is 33.5 Å². The van der Waals surface area contributed by atoms with Crippen molar-refractivity contribution in [2.45, 2.75) is 84.3 Å². The molecular formula is C29H38N2O3. The number of pyridine rings is 1. The van der Waals surface area contributed by atoms with Crippen molar-refractivity contribution in [1.29, 1.82) is 0 Å². The first-order valence-corrected chi connectivity index (χ1v) is 12.6. The summed E-state index contributed by atoms with van der Waals surface area (Å²) in [6.45, 7) is 9.06. The standard InChI is InChI=1S/C29H38N2O3/c1-6-7-8-11-21-16-24-26(22-15-19(2)12-13-23(22)29(3,4)34-24)27(32)25(21)28(33)31(5)18-20-10-9-14-30-17-20/h9-10,14-17,22-23,32H,6-8,11-13,18H2,1-5H3. The second-order valence-corrected chi connectivity index (χ2v) is 10.5. The summed E-state index contributed by atoms with van der Waals surface area (Å²) in [5.41, 5.74) is 4.04. The highest BCUT2D eigenvalue weighted by Crippen LogP contribution is 2.54. The molecule has 5 heteroatoms. The second-order valence-electron chi connectivity index (χ2n) is 10.5. The van der Waals surface area contributed by atoms with Gasteiger partial charge in [-0.2, -0.15) is 0 Å². The molecule has 0 fully saturated rings. The van der Waals surface area contributed by atoms with Crippen molar-refractivity contribution in [2.24, 2.45) is 5.92 Å². The molecule has 1 aliphatic carbocycles.